The van der Waals surface area contributed by atoms with Crippen molar-refractivity contribution >= 4 is 29.6 Å². The molecule has 1 fully saturated rings. The van der Waals surface area contributed by atoms with Crippen molar-refractivity contribution in [2.75, 3.05) is 6.61 Å². The fourth-order valence-corrected chi connectivity index (χ4v) is 2.99. The first-order valence-electron chi connectivity index (χ1n) is 8.49. The van der Waals surface area contributed by atoms with Gasteiger partial charge in [-0.3, -0.25) is 29.4 Å². The summed E-state index contributed by atoms with van der Waals surface area (Å²) in [5.41, 5.74) is 0.481. The number of carboxylic acids is 1. The van der Waals surface area contributed by atoms with Crippen LogP contribution in [0.15, 0.2) is 18.2 Å². The Morgan fingerprint density at radius 3 is 2.75 bits per heavy atom. The normalized spacial score (nSPS) is 19.6. The van der Waals surface area contributed by atoms with E-state index in [1.807, 2.05) is 0 Å². The molecule has 0 saturated carbocycles. The van der Waals surface area contributed by atoms with Crippen molar-refractivity contribution in [3.63, 3.8) is 0 Å². The molecular weight excluding hydrogens is 368 g/mol. The van der Waals surface area contributed by atoms with Crippen LogP contribution >= 0.6 is 0 Å². The van der Waals surface area contributed by atoms with E-state index in [9.17, 15) is 24.0 Å². The zero-order valence-electron chi connectivity index (χ0n) is 14.9. The molecule has 4 amide bonds. The number of nitrogens with zero attached hydrogens (tertiary/aromatic N) is 1. The van der Waals surface area contributed by atoms with Gasteiger partial charge in [0.15, 0.2) is 6.10 Å². The Morgan fingerprint density at radius 2 is 2.07 bits per heavy atom. The predicted octanol–water partition coefficient (Wildman–Crippen LogP) is -0.0710. The maximum absolute atomic E-state index is 12.8. The number of rotatable bonds is 4. The molecule has 2 aliphatic heterocycles. The molecule has 2 atom stereocenters. The van der Waals surface area contributed by atoms with Crippen LogP contribution in [0.25, 0.3) is 0 Å². The molecule has 3 rings (SSSR count). The van der Waals surface area contributed by atoms with Crippen molar-refractivity contribution in [2.45, 2.75) is 31.9 Å². The highest BCUT2D eigenvalue weighted by Gasteiger charge is 2.45. The lowest BCUT2D eigenvalue weighted by Gasteiger charge is -2.27. The Kier molecular flexibility index (Phi) is 5.24. The van der Waals surface area contributed by atoms with E-state index in [1.54, 1.807) is 12.1 Å². The first-order chi connectivity index (χ1) is 13.3. The second-order valence-electron chi connectivity index (χ2n) is 6.27. The van der Waals surface area contributed by atoms with Gasteiger partial charge in [0, 0.05) is 12.0 Å². The molecule has 9 nitrogen and oxygen atoms in total. The molecular formula is C19H16N2O7. The number of ether oxygens (including phenoxy) is 1. The number of fused-ring (bicyclic) bond motifs is 1. The average molecular weight is 384 g/mol. The van der Waals surface area contributed by atoms with Crippen molar-refractivity contribution in [1.82, 2.24) is 10.2 Å². The molecule has 0 aliphatic carbocycles. The minimum atomic E-state index is -1.12. The zero-order valence-corrected chi connectivity index (χ0v) is 14.9. The Balaban J connectivity index is 1.84. The van der Waals surface area contributed by atoms with E-state index in [4.69, 9.17) is 9.84 Å². The lowest BCUT2D eigenvalue weighted by Crippen LogP contribution is -2.54. The Bertz CT molecular complexity index is 957. The number of nitrogens with one attached hydrogen (secondary N) is 1. The van der Waals surface area contributed by atoms with Gasteiger partial charge in [0.25, 0.3) is 11.8 Å². The van der Waals surface area contributed by atoms with E-state index in [-0.39, 0.29) is 36.1 Å². The highest BCUT2D eigenvalue weighted by Crippen LogP contribution is 2.29. The number of piperidine rings is 1. The van der Waals surface area contributed by atoms with Crippen molar-refractivity contribution in [2.24, 2.45) is 0 Å². The average Bonchev–Trinajstić information content (AvgIpc) is 2.90. The summed E-state index contributed by atoms with van der Waals surface area (Å²) < 4.78 is 5.01. The lowest BCUT2D eigenvalue weighted by molar-refractivity contribution is -0.148. The van der Waals surface area contributed by atoms with E-state index in [2.05, 4.69) is 17.2 Å². The smallest absolute Gasteiger partial charge is 0.332 e. The monoisotopic (exact) mass is 384 g/mol. The second-order valence-corrected chi connectivity index (χ2v) is 6.27. The number of hydrogen-bond donors (Lipinski definition) is 2. The molecule has 9 heteroatoms. The van der Waals surface area contributed by atoms with Gasteiger partial charge in [-0.25, -0.2) is 4.79 Å². The van der Waals surface area contributed by atoms with Crippen LogP contribution in [0.4, 0.5) is 0 Å². The van der Waals surface area contributed by atoms with Gasteiger partial charge < -0.3 is 9.84 Å². The number of carbonyl (C=O) groups is 5. The van der Waals surface area contributed by atoms with Gasteiger partial charge in [-0.1, -0.05) is 17.9 Å². The Labute approximate surface area is 159 Å². The third-order valence-corrected chi connectivity index (χ3v) is 4.44. The van der Waals surface area contributed by atoms with Crippen LogP contribution in [0.3, 0.4) is 0 Å². The highest BCUT2D eigenvalue weighted by atomic mass is 16.5. The molecule has 2 heterocycles. The van der Waals surface area contributed by atoms with Crippen LogP contribution in [0, 0.1) is 11.8 Å². The largest absolute Gasteiger partial charge is 0.479 e. The second kappa shape index (κ2) is 7.62. The molecule has 2 N–H and O–H groups in total. The predicted molar refractivity (Wildman–Crippen MR) is 93.0 cm³/mol. The summed E-state index contributed by atoms with van der Waals surface area (Å²) in [6.45, 7) is 1.19. The molecule has 2 unspecified atom stereocenters. The number of benzene rings is 1. The summed E-state index contributed by atoms with van der Waals surface area (Å²) in [6.07, 6.45) is -0.921. The molecule has 0 radical (unpaired) electrons. The number of carboxylic acid groups (broad SMARTS) is 1. The number of aliphatic carboxylic acids is 1. The van der Waals surface area contributed by atoms with Crippen LogP contribution in [0.1, 0.15) is 46.0 Å². The summed E-state index contributed by atoms with van der Waals surface area (Å²) in [7, 11) is 0. The standard InChI is InChI=1S/C19H16N2O7/c1-10(19(26)27)28-9-3-5-11-4-2-6-12-15(11)18(25)21(17(12)24)13-7-8-14(22)20-16(13)23/h2,4,6,10,13H,7-9H2,1H3,(H,26,27)(H,20,22,23). The van der Waals surface area contributed by atoms with Gasteiger partial charge in [0.05, 0.1) is 11.1 Å². The van der Waals surface area contributed by atoms with Crippen LogP contribution in [-0.2, 0) is 19.1 Å². The van der Waals surface area contributed by atoms with Crippen molar-refractivity contribution in [3.05, 3.63) is 34.9 Å². The third-order valence-electron chi connectivity index (χ3n) is 4.44. The summed E-state index contributed by atoms with van der Waals surface area (Å²) >= 11 is 0. The van der Waals surface area contributed by atoms with E-state index >= 15 is 0 Å². The van der Waals surface area contributed by atoms with Crippen molar-refractivity contribution in [3.8, 4) is 11.8 Å². The first-order valence-corrected chi connectivity index (χ1v) is 8.49. The van der Waals surface area contributed by atoms with Crippen LogP contribution < -0.4 is 5.32 Å². The molecule has 0 bridgehead atoms. The minimum absolute atomic E-state index is 0.0373. The number of imide groups is 2. The van der Waals surface area contributed by atoms with Gasteiger partial charge >= 0.3 is 5.97 Å². The topological polar surface area (TPSA) is 130 Å². The van der Waals surface area contributed by atoms with E-state index in [0.717, 1.165) is 4.90 Å². The van der Waals surface area contributed by atoms with E-state index in [0.29, 0.717) is 0 Å². The maximum atomic E-state index is 12.8. The number of amides is 4. The zero-order chi connectivity index (χ0) is 20.4. The SMILES string of the molecule is CC(OCC#Cc1cccc2c1C(=O)N(C1CCC(=O)NC1=O)C2=O)C(=O)O. The number of carbonyl (C=O) groups excluding carboxylic acids is 4. The van der Waals surface area contributed by atoms with Crippen molar-refractivity contribution in [1.29, 1.82) is 0 Å². The molecule has 1 saturated heterocycles. The fraction of sp³-hybridized carbons (Fsp3) is 0.316. The summed E-state index contributed by atoms with van der Waals surface area (Å²) in [5, 5.41) is 10.9. The maximum Gasteiger partial charge on any atom is 0.332 e. The molecule has 0 spiro atoms. The Hall–Kier alpha value is -3.51. The van der Waals surface area contributed by atoms with Crippen LogP contribution in [0.2, 0.25) is 0 Å². The van der Waals surface area contributed by atoms with Gasteiger partial charge in [0.2, 0.25) is 11.8 Å². The molecule has 2 aliphatic rings. The molecule has 28 heavy (non-hydrogen) atoms. The van der Waals surface area contributed by atoms with Crippen molar-refractivity contribution < 1.29 is 33.8 Å². The van der Waals surface area contributed by atoms with Crippen LogP contribution in [-0.4, -0.2) is 58.4 Å². The molecule has 1 aromatic carbocycles. The van der Waals surface area contributed by atoms with Gasteiger partial charge in [-0.2, -0.15) is 0 Å². The lowest BCUT2D eigenvalue weighted by atomic mass is 10.0. The van der Waals surface area contributed by atoms with Crippen LogP contribution in [0.5, 0.6) is 0 Å². The van der Waals surface area contributed by atoms with Gasteiger partial charge in [-0.15, -0.1) is 0 Å². The minimum Gasteiger partial charge on any atom is -0.479 e. The molecule has 1 aromatic rings. The quantitative estimate of drug-likeness (QED) is 0.549. The summed E-state index contributed by atoms with van der Waals surface area (Å²) in [4.78, 5) is 60.5. The van der Waals surface area contributed by atoms with E-state index < -0.39 is 41.7 Å². The molecule has 0 aromatic heterocycles. The first kappa shape index (κ1) is 19.3. The number of hydrogen-bond acceptors (Lipinski definition) is 6. The Morgan fingerprint density at radius 1 is 1.32 bits per heavy atom. The highest BCUT2D eigenvalue weighted by molar-refractivity contribution is 6.24. The molecule has 144 valence electrons. The van der Waals surface area contributed by atoms with Gasteiger partial charge in [0.1, 0.15) is 12.6 Å². The van der Waals surface area contributed by atoms with E-state index in [1.165, 1.54) is 13.0 Å². The summed E-state index contributed by atoms with van der Waals surface area (Å²) in [6, 6.07) is 3.52. The van der Waals surface area contributed by atoms with Gasteiger partial charge in [-0.05, 0) is 25.5 Å². The summed E-state index contributed by atoms with van der Waals surface area (Å²) in [5.74, 6) is 1.81. The fourth-order valence-electron chi connectivity index (χ4n) is 2.99. The third kappa shape index (κ3) is 3.50.